The molecule has 2 aromatic carbocycles. The third-order valence-electron chi connectivity index (χ3n) is 3.07. The zero-order chi connectivity index (χ0) is 14.5. The predicted molar refractivity (Wildman–Crippen MR) is 79.3 cm³/mol. The minimum atomic E-state index is -1.33. The fraction of sp³-hybridized carbons (Fsp3) is 0.188. The van der Waals surface area contributed by atoms with Crippen molar-refractivity contribution in [2.75, 3.05) is 5.75 Å². The number of carboxylic acid groups (broad SMARTS) is 1. The van der Waals surface area contributed by atoms with Gasteiger partial charge in [-0.05, 0) is 30.2 Å². The Hall–Kier alpha value is -1.94. The average molecular weight is 288 g/mol. The number of carboxylic acids is 1. The Morgan fingerprint density at radius 2 is 1.85 bits per heavy atom. The van der Waals surface area contributed by atoms with Crippen LogP contribution in [0.1, 0.15) is 17.0 Å². The van der Waals surface area contributed by atoms with Gasteiger partial charge >= 0.3 is 5.97 Å². The molecule has 0 aliphatic rings. The van der Waals surface area contributed by atoms with Gasteiger partial charge in [0.05, 0.1) is 16.7 Å². The van der Waals surface area contributed by atoms with Crippen LogP contribution in [0.15, 0.2) is 59.5 Å². The quantitative estimate of drug-likeness (QED) is 0.920. The predicted octanol–water partition coefficient (Wildman–Crippen LogP) is 2.97. The first-order chi connectivity index (χ1) is 9.58. The molecular formula is C16H16O3S. The lowest BCUT2D eigenvalue weighted by molar-refractivity contribution is -0.138. The molecule has 0 aliphatic carbocycles. The van der Waals surface area contributed by atoms with Crippen LogP contribution in [0, 0.1) is 6.92 Å². The van der Waals surface area contributed by atoms with Crippen molar-refractivity contribution >= 4 is 16.8 Å². The van der Waals surface area contributed by atoms with Gasteiger partial charge in [-0.25, -0.2) is 0 Å². The maximum Gasteiger partial charge on any atom is 0.311 e. The highest BCUT2D eigenvalue weighted by Gasteiger charge is 2.23. The summed E-state index contributed by atoms with van der Waals surface area (Å²) in [5, 5.41) is 9.34. The zero-order valence-electron chi connectivity index (χ0n) is 11.2. The third-order valence-corrected chi connectivity index (χ3v) is 4.49. The number of rotatable bonds is 5. The van der Waals surface area contributed by atoms with Gasteiger partial charge in [0.1, 0.15) is 0 Å². The van der Waals surface area contributed by atoms with E-state index in [-0.39, 0.29) is 5.75 Å². The van der Waals surface area contributed by atoms with Crippen LogP contribution in [0.2, 0.25) is 0 Å². The smallest absolute Gasteiger partial charge is 0.311 e. The maximum atomic E-state index is 12.3. The van der Waals surface area contributed by atoms with E-state index in [2.05, 4.69) is 0 Å². The van der Waals surface area contributed by atoms with E-state index in [4.69, 9.17) is 0 Å². The third kappa shape index (κ3) is 3.54. The monoisotopic (exact) mass is 288 g/mol. The van der Waals surface area contributed by atoms with E-state index in [0.717, 1.165) is 5.56 Å². The van der Waals surface area contributed by atoms with Crippen molar-refractivity contribution in [3.63, 3.8) is 0 Å². The van der Waals surface area contributed by atoms with Crippen LogP contribution in [0.3, 0.4) is 0 Å². The van der Waals surface area contributed by atoms with E-state index >= 15 is 0 Å². The van der Waals surface area contributed by atoms with Crippen molar-refractivity contribution in [3.05, 3.63) is 65.7 Å². The van der Waals surface area contributed by atoms with Gasteiger partial charge in [0, 0.05) is 10.6 Å². The van der Waals surface area contributed by atoms with E-state index in [1.54, 1.807) is 30.3 Å². The molecule has 0 aromatic heterocycles. The van der Waals surface area contributed by atoms with Gasteiger partial charge < -0.3 is 5.11 Å². The molecule has 2 unspecified atom stereocenters. The van der Waals surface area contributed by atoms with Crippen molar-refractivity contribution in [2.45, 2.75) is 17.7 Å². The Morgan fingerprint density at radius 1 is 1.15 bits per heavy atom. The number of aliphatic carboxylic acids is 1. The molecule has 0 amide bonds. The highest BCUT2D eigenvalue weighted by Crippen LogP contribution is 2.20. The molecule has 0 saturated heterocycles. The normalized spacial score (nSPS) is 13.7. The Labute approximate surface area is 120 Å². The van der Waals surface area contributed by atoms with Gasteiger partial charge in [0.2, 0.25) is 0 Å². The summed E-state index contributed by atoms with van der Waals surface area (Å²) in [5.74, 6) is -1.61. The van der Waals surface area contributed by atoms with Crippen LogP contribution in [0.4, 0.5) is 0 Å². The first-order valence-corrected chi connectivity index (χ1v) is 7.62. The molecule has 0 radical (unpaired) electrons. The van der Waals surface area contributed by atoms with Crippen LogP contribution in [-0.4, -0.2) is 21.0 Å². The van der Waals surface area contributed by atoms with E-state index in [1.165, 1.54) is 0 Å². The number of benzene rings is 2. The first-order valence-electron chi connectivity index (χ1n) is 6.30. The molecule has 0 heterocycles. The van der Waals surface area contributed by atoms with Crippen LogP contribution in [-0.2, 0) is 15.6 Å². The molecule has 3 nitrogen and oxygen atoms in total. The van der Waals surface area contributed by atoms with Crippen molar-refractivity contribution in [1.29, 1.82) is 0 Å². The molecule has 0 bridgehead atoms. The summed E-state index contributed by atoms with van der Waals surface area (Å²) in [6, 6.07) is 16.3. The second-order valence-electron chi connectivity index (χ2n) is 4.63. The summed E-state index contributed by atoms with van der Waals surface area (Å²) in [7, 11) is -1.33. The lowest BCUT2D eigenvalue weighted by atomic mass is 10.0. The SMILES string of the molecule is Cc1cccc(S(=O)CC(C(=O)O)c2ccccc2)c1. The van der Waals surface area contributed by atoms with Crippen molar-refractivity contribution in [3.8, 4) is 0 Å². The van der Waals surface area contributed by atoms with Crippen LogP contribution in [0.5, 0.6) is 0 Å². The van der Waals surface area contributed by atoms with Crippen molar-refractivity contribution in [2.24, 2.45) is 0 Å². The standard InChI is InChI=1S/C16H16O3S/c1-12-6-5-9-14(10-12)20(19)11-15(16(17)18)13-7-3-2-4-8-13/h2-10,15H,11H2,1H3,(H,17,18). The fourth-order valence-electron chi connectivity index (χ4n) is 2.00. The lowest BCUT2D eigenvalue weighted by Crippen LogP contribution is -2.19. The molecule has 2 atom stereocenters. The highest BCUT2D eigenvalue weighted by molar-refractivity contribution is 7.85. The molecule has 20 heavy (non-hydrogen) atoms. The number of aryl methyl sites for hydroxylation is 1. The second-order valence-corrected chi connectivity index (χ2v) is 6.13. The molecule has 0 fully saturated rings. The van der Waals surface area contributed by atoms with Gasteiger partial charge in [0.25, 0.3) is 0 Å². The lowest BCUT2D eigenvalue weighted by Gasteiger charge is -2.12. The van der Waals surface area contributed by atoms with Crippen molar-refractivity contribution < 1.29 is 14.1 Å². The van der Waals surface area contributed by atoms with E-state index in [0.29, 0.717) is 10.5 Å². The van der Waals surface area contributed by atoms with Gasteiger partial charge in [-0.2, -0.15) is 0 Å². The molecule has 0 spiro atoms. The largest absolute Gasteiger partial charge is 0.481 e. The Kier molecular flexibility index (Phi) is 4.69. The summed E-state index contributed by atoms with van der Waals surface area (Å²) >= 11 is 0. The molecule has 2 rings (SSSR count). The topological polar surface area (TPSA) is 54.4 Å². The van der Waals surface area contributed by atoms with Crippen molar-refractivity contribution in [1.82, 2.24) is 0 Å². The van der Waals surface area contributed by atoms with Crippen LogP contribution < -0.4 is 0 Å². The van der Waals surface area contributed by atoms with Gasteiger partial charge in [-0.1, -0.05) is 42.5 Å². The summed E-state index contributed by atoms with van der Waals surface area (Å²) in [6.45, 7) is 1.92. The highest BCUT2D eigenvalue weighted by atomic mass is 32.2. The Morgan fingerprint density at radius 3 is 2.45 bits per heavy atom. The number of hydrogen-bond donors (Lipinski definition) is 1. The minimum Gasteiger partial charge on any atom is -0.481 e. The Bertz CT molecular complexity index is 623. The number of hydrogen-bond acceptors (Lipinski definition) is 2. The molecule has 104 valence electrons. The zero-order valence-corrected chi connectivity index (χ0v) is 12.0. The second kappa shape index (κ2) is 6.48. The molecule has 0 aliphatic heterocycles. The molecule has 4 heteroatoms. The molecular weight excluding hydrogens is 272 g/mol. The molecule has 2 aromatic rings. The van der Waals surface area contributed by atoms with Crippen LogP contribution >= 0.6 is 0 Å². The molecule has 1 N–H and O–H groups in total. The first kappa shape index (κ1) is 14.5. The fourth-order valence-corrected chi connectivity index (χ4v) is 3.38. The summed E-state index contributed by atoms with van der Waals surface area (Å²) < 4.78 is 12.3. The van der Waals surface area contributed by atoms with E-state index in [9.17, 15) is 14.1 Å². The minimum absolute atomic E-state index is 0.0861. The van der Waals surface area contributed by atoms with Gasteiger partial charge in [0.15, 0.2) is 0 Å². The Balaban J connectivity index is 2.21. The number of carbonyl (C=O) groups is 1. The average Bonchev–Trinajstić information content (AvgIpc) is 2.45. The summed E-state index contributed by atoms with van der Waals surface area (Å²) in [6.07, 6.45) is 0. The van der Waals surface area contributed by atoms with Gasteiger partial charge in [-0.15, -0.1) is 0 Å². The summed E-state index contributed by atoms with van der Waals surface area (Å²) in [5.41, 5.74) is 1.70. The van der Waals surface area contributed by atoms with Crippen LogP contribution in [0.25, 0.3) is 0 Å². The van der Waals surface area contributed by atoms with E-state index in [1.807, 2.05) is 31.2 Å². The van der Waals surface area contributed by atoms with E-state index < -0.39 is 22.7 Å². The molecule has 0 saturated carbocycles. The maximum absolute atomic E-state index is 12.3. The summed E-state index contributed by atoms with van der Waals surface area (Å²) in [4.78, 5) is 12.1. The van der Waals surface area contributed by atoms with Gasteiger partial charge in [-0.3, -0.25) is 9.00 Å².